The van der Waals surface area contributed by atoms with Gasteiger partial charge in [-0.2, -0.15) is 4.31 Å². The molecule has 29 heavy (non-hydrogen) atoms. The summed E-state index contributed by atoms with van der Waals surface area (Å²) in [6.45, 7) is 2.90. The Morgan fingerprint density at radius 2 is 1.79 bits per heavy atom. The Hall–Kier alpha value is -1.51. The first-order valence-corrected chi connectivity index (χ1v) is 12.3. The number of fused-ring (bicyclic) bond motifs is 1. The number of rotatable bonds is 4. The third kappa shape index (κ3) is 4.49. The Bertz CT molecular complexity index is 837. The number of sulfonamides is 1. The molecule has 0 spiro atoms. The summed E-state index contributed by atoms with van der Waals surface area (Å²) >= 11 is 0. The number of carbonyl (C=O) groups is 1. The topological polar surface area (TPSA) is 62.1 Å². The summed E-state index contributed by atoms with van der Waals surface area (Å²) in [5, 5.41) is 0. The smallest absolute Gasteiger partial charge is 0.277 e. The molecule has 8 heteroatoms. The van der Waals surface area contributed by atoms with Gasteiger partial charge in [0.25, 0.3) is 5.91 Å². The summed E-state index contributed by atoms with van der Waals surface area (Å²) in [5.74, 6) is 0.341. The molecule has 3 fully saturated rings. The molecular weight excluding hydrogens is 393 g/mol. The Morgan fingerprint density at radius 1 is 1.07 bits per heavy atom. The van der Waals surface area contributed by atoms with E-state index in [0.717, 1.165) is 18.5 Å². The zero-order chi connectivity index (χ0) is 20.4. The lowest BCUT2D eigenvalue weighted by Crippen LogP contribution is -3.18. The quantitative estimate of drug-likeness (QED) is 0.781. The molecule has 2 heterocycles. The molecule has 6 nitrogen and oxygen atoms in total. The van der Waals surface area contributed by atoms with E-state index in [0.29, 0.717) is 25.7 Å². The summed E-state index contributed by atoms with van der Waals surface area (Å²) < 4.78 is 40.3. The number of carbonyl (C=O) groups excluding carboxylic acids is 1. The Labute approximate surface area is 172 Å². The molecule has 1 aromatic rings. The normalized spacial score (nSPS) is 28.7. The van der Waals surface area contributed by atoms with Crippen molar-refractivity contribution >= 4 is 15.9 Å². The fourth-order valence-corrected chi connectivity index (χ4v) is 6.80. The monoisotopic (exact) mass is 424 g/mol. The van der Waals surface area contributed by atoms with Crippen LogP contribution in [0, 0.1) is 11.7 Å². The summed E-state index contributed by atoms with van der Waals surface area (Å²) in [5.41, 5.74) is 0. The second-order valence-electron chi connectivity index (χ2n) is 8.62. The molecule has 2 saturated heterocycles. The first kappa shape index (κ1) is 20.8. The zero-order valence-corrected chi connectivity index (χ0v) is 17.7. The highest BCUT2D eigenvalue weighted by Crippen LogP contribution is 2.28. The van der Waals surface area contributed by atoms with Crippen molar-refractivity contribution in [3.8, 4) is 0 Å². The average molecular weight is 425 g/mol. The van der Waals surface area contributed by atoms with Gasteiger partial charge in [0.05, 0.1) is 17.5 Å². The molecule has 1 N–H and O–H groups in total. The molecular formula is C21H31FN3O3S+. The van der Waals surface area contributed by atoms with Crippen molar-refractivity contribution in [2.45, 2.75) is 49.5 Å². The van der Waals surface area contributed by atoms with E-state index in [9.17, 15) is 17.6 Å². The second-order valence-corrected chi connectivity index (χ2v) is 10.6. The lowest BCUT2D eigenvalue weighted by atomic mass is 9.78. The maximum absolute atomic E-state index is 13.4. The van der Waals surface area contributed by atoms with E-state index in [-0.39, 0.29) is 23.9 Å². The highest BCUT2D eigenvalue weighted by atomic mass is 32.2. The van der Waals surface area contributed by atoms with Crippen LogP contribution < -0.4 is 4.90 Å². The molecule has 0 aromatic heterocycles. The number of nitrogens with zero attached hydrogens (tertiary/aromatic N) is 2. The number of piperazine rings is 1. The highest BCUT2D eigenvalue weighted by Gasteiger charge is 2.38. The van der Waals surface area contributed by atoms with Gasteiger partial charge in [-0.1, -0.05) is 12.5 Å². The van der Waals surface area contributed by atoms with Crippen LogP contribution in [0.2, 0.25) is 0 Å². The van der Waals surface area contributed by atoms with E-state index < -0.39 is 15.8 Å². The lowest BCUT2D eigenvalue weighted by molar-refractivity contribution is -0.929. The van der Waals surface area contributed by atoms with Crippen molar-refractivity contribution in [2.24, 2.45) is 5.92 Å². The first-order valence-electron chi connectivity index (χ1n) is 10.8. The summed E-state index contributed by atoms with van der Waals surface area (Å²) in [6, 6.07) is 5.72. The van der Waals surface area contributed by atoms with Crippen LogP contribution in [-0.2, 0) is 14.8 Å². The molecule has 0 radical (unpaired) electrons. The van der Waals surface area contributed by atoms with Gasteiger partial charge in [0, 0.05) is 32.1 Å². The summed E-state index contributed by atoms with van der Waals surface area (Å²) in [6.07, 6.45) is 7.63. The maximum Gasteiger partial charge on any atom is 0.277 e. The Kier molecular flexibility index (Phi) is 6.22. The van der Waals surface area contributed by atoms with Gasteiger partial charge in [0.2, 0.25) is 10.0 Å². The maximum atomic E-state index is 13.4. The van der Waals surface area contributed by atoms with Crippen LogP contribution in [0.15, 0.2) is 29.2 Å². The molecule has 0 bridgehead atoms. The van der Waals surface area contributed by atoms with Crippen molar-refractivity contribution in [2.75, 3.05) is 39.3 Å². The SMILES string of the molecule is O=C(C[NH+]1CCC[C@@H]2CCCC[C@@H]21)N1CCN(S(=O)(=O)c2cccc(F)c2)CC1. The fraction of sp³-hybridized carbons (Fsp3) is 0.667. The lowest BCUT2D eigenvalue weighted by Gasteiger charge is -2.42. The van der Waals surface area contributed by atoms with Crippen molar-refractivity contribution in [3.05, 3.63) is 30.1 Å². The van der Waals surface area contributed by atoms with Gasteiger partial charge in [0.1, 0.15) is 5.82 Å². The van der Waals surface area contributed by atoms with Gasteiger partial charge >= 0.3 is 0 Å². The predicted octanol–water partition coefficient (Wildman–Crippen LogP) is 0.896. The van der Waals surface area contributed by atoms with Crippen LogP contribution in [0.5, 0.6) is 0 Å². The van der Waals surface area contributed by atoms with Gasteiger partial charge in [-0.15, -0.1) is 0 Å². The summed E-state index contributed by atoms with van der Waals surface area (Å²) in [7, 11) is -3.73. The number of piperidine rings is 1. The molecule has 160 valence electrons. The number of amides is 1. The number of halogens is 1. The molecule has 1 unspecified atom stereocenters. The van der Waals surface area contributed by atoms with Crippen LogP contribution in [0.4, 0.5) is 4.39 Å². The third-order valence-corrected chi connectivity index (χ3v) is 8.80. The highest BCUT2D eigenvalue weighted by molar-refractivity contribution is 7.89. The number of likely N-dealkylation sites (tertiary alicyclic amines) is 1. The van der Waals surface area contributed by atoms with Gasteiger partial charge < -0.3 is 9.80 Å². The molecule has 3 atom stereocenters. The average Bonchev–Trinajstić information content (AvgIpc) is 2.74. The van der Waals surface area contributed by atoms with E-state index in [4.69, 9.17) is 0 Å². The largest absolute Gasteiger partial charge is 0.335 e. The first-order chi connectivity index (χ1) is 13.9. The van der Waals surface area contributed by atoms with Gasteiger partial charge in [-0.3, -0.25) is 4.79 Å². The molecule has 3 aliphatic rings. The molecule has 2 aliphatic heterocycles. The predicted molar refractivity (Wildman–Crippen MR) is 107 cm³/mol. The number of benzene rings is 1. The number of hydrogen-bond donors (Lipinski definition) is 1. The van der Waals surface area contributed by atoms with E-state index in [1.807, 2.05) is 0 Å². The minimum Gasteiger partial charge on any atom is -0.335 e. The molecule has 1 aromatic carbocycles. The van der Waals surface area contributed by atoms with Crippen molar-refractivity contribution in [3.63, 3.8) is 0 Å². The minimum absolute atomic E-state index is 0.0293. The second kappa shape index (κ2) is 8.70. The van der Waals surface area contributed by atoms with Crippen LogP contribution in [0.3, 0.4) is 0 Å². The Morgan fingerprint density at radius 3 is 2.55 bits per heavy atom. The number of nitrogens with one attached hydrogen (secondary N) is 1. The van der Waals surface area contributed by atoms with Gasteiger partial charge in [-0.05, 0) is 50.3 Å². The number of quaternary nitrogens is 1. The summed E-state index contributed by atoms with van der Waals surface area (Å²) in [4.78, 5) is 16.1. The van der Waals surface area contributed by atoms with E-state index in [2.05, 4.69) is 0 Å². The van der Waals surface area contributed by atoms with Crippen molar-refractivity contribution in [1.82, 2.24) is 9.21 Å². The third-order valence-electron chi connectivity index (χ3n) is 6.91. The number of hydrogen-bond acceptors (Lipinski definition) is 3. The fourth-order valence-electron chi connectivity index (χ4n) is 5.35. The minimum atomic E-state index is -3.73. The molecule has 1 aliphatic carbocycles. The van der Waals surface area contributed by atoms with Gasteiger partial charge in [0.15, 0.2) is 6.54 Å². The van der Waals surface area contributed by atoms with Crippen LogP contribution in [0.25, 0.3) is 0 Å². The molecule has 1 amide bonds. The van der Waals surface area contributed by atoms with Crippen LogP contribution >= 0.6 is 0 Å². The zero-order valence-electron chi connectivity index (χ0n) is 16.9. The van der Waals surface area contributed by atoms with E-state index in [1.54, 1.807) is 4.90 Å². The molecule has 1 saturated carbocycles. The standard InChI is InChI=1S/C21H30FN3O3S/c22-18-7-3-8-19(15-18)29(27,28)25-13-11-23(12-14-25)21(26)16-24-10-4-6-17-5-1-2-9-20(17)24/h3,7-8,15,17,20H,1-2,4-6,9-14,16H2/p+1/t17-,20-/m0/s1. The van der Waals surface area contributed by atoms with E-state index >= 15 is 0 Å². The van der Waals surface area contributed by atoms with Crippen LogP contribution in [0.1, 0.15) is 38.5 Å². The van der Waals surface area contributed by atoms with E-state index in [1.165, 1.54) is 65.9 Å². The Balaban J connectivity index is 1.34. The van der Waals surface area contributed by atoms with Crippen LogP contribution in [-0.4, -0.2) is 68.8 Å². The van der Waals surface area contributed by atoms with Gasteiger partial charge in [-0.25, -0.2) is 12.8 Å². The molecule has 4 rings (SSSR count). The van der Waals surface area contributed by atoms with Crippen molar-refractivity contribution < 1.29 is 22.5 Å². The van der Waals surface area contributed by atoms with Crippen molar-refractivity contribution in [1.29, 1.82) is 0 Å².